The standard InChI is InChI=1S/C17H19N3O4S2/c1-2-13-9-14-16(25-13)18-11-19(17(14)21)10-12-5-6-15(24-12)26(22,23)20-7-3-4-8-20/h5-6,9,11H,2-4,7-8,10H2,1H3. The zero-order valence-electron chi connectivity index (χ0n) is 14.3. The number of rotatable bonds is 5. The Labute approximate surface area is 154 Å². The Morgan fingerprint density at radius 2 is 2.04 bits per heavy atom. The van der Waals surface area contributed by atoms with Crippen molar-refractivity contribution in [2.45, 2.75) is 37.8 Å². The number of hydrogen-bond donors (Lipinski definition) is 0. The van der Waals surface area contributed by atoms with Crippen LogP contribution in [0.1, 0.15) is 30.4 Å². The first-order valence-corrected chi connectivity index (χ1v) is 10.8. The van der Waals surface area contributed by atoms with Crippen LogP contribution in [-0.2, 0) is 23.0 Å². The highest BCUT2D eigenvalue weighted by molar-refractivity contribution is 7.89. The van der Waals surface area contributed by atoms with E-state index in [4.69, 9.17) is 4.42 Å². The Morgan fingerprint density at radius 1 is 1.27 bits per heavy atom. The minimum atomic E-state index is -3.59. The highest BCUT2D eigenvalue weighted by Gasteiger charge is 2.30. The molecule has 26 heavy (non-hydrogen) atoms. The third-order valence-corrected chi connectivity index (χ3v) is 7.50. The molecule has 4 heterocycles. The predicted molar refractivity (Wildman–Crippen MR) is 99.1 cm³/mol. The lowest BCUT2D eigenvalue weighted by molar-refractivity contribution is 0.383. The van der Waals surface area contributed by atoms with Crippen molar-refractivity contribution in [2.75, 3.05) is 13.1 Å². The second-order valence-electron chi connectivity index (χ2n) is 6.29. The van der Waals surface area contributed by atoms with E-state index in [1.54, 1.807) is 6.07 Å². The van der Waals surface area contributed by atoms with E-state index in [2.05, 4.69) is 4.98 Å². The van der Waals surface area contributed by atoms with Gasteiger partial charge in [0.05, 0.1) is 18.3 Å². The van der Waals surface area contributed by atoms with E-state index in [-0.39, 0.29) is 17.2 Å². The summed E-state index contributed by atoms with van der Waals surface area (Å²) < 4.78 is 33.5. The molecule has 0 aromatic carbocycles. The maximum absolute atomic E-state index is 12.6. The SMILES string of the molecule is CCc1cc2c(=O)n(Cc3ccc(S(=O)(=O)N4CCCC4)o3)cnc2s1. The van der Waals surface area contributed by atoms with Gasteiger partial charge >= 0.3 is 0 Å². The van der Waals surface area contributed by atoms with Crippen molar-refractivity contribution in [1.29, 1.82) is 0 Å². The molecule has 4 rings (SSSR count). The number of thiophene rings is 1. The van der Waals surface area contributed by atoms with Crippen LogP contribution in [0.15, 0.2) is 38.8 Å². The highest BCUT2D eigenvalue weighted by Crippen LogP contribution is 2.24. The monoisotopic (exact) mass is 393 g/mol. The number of hydrogen-bond acceptors (Lipinski definition) is 6. The van der Waals surface area contributed by atoms with Crippen LogP contribution >= 0.6 is 11.3 Å². The van der Waals surface area contributed by atoms with Crippen LogP contribution in [0.3, 0.4) is 0 Å². The highest BCUT2D eigenvalue weighted by atomic mass is 32.2. The molecule has 3 aromatic rings. The Bertz CT molecular complexity index is 1100. The van der Waals surface area contributed by atoms with Gasteiger partial charge in [0, 0.05) is 18.0 Å². The lowest BCUT2D eigenvalue weighted by Crippen LogP contribution is -2.27. The van der Waals surface area contributed by atoms with Crippen LogP contribution in [-0.4, -0.2) is 35.4 Å². The first-order valence-electron chi connectivity index (χ1n) is 8.56. The Hall–Kier alpha value is -1.97. The van der Waals surface area contributed by atoms with Gasteiger partial charge < -0.3 is 4.42 Å². The fourth-order valence-electron chi connectivity index (χ4n) is 3.10. The molecule has 0 saturated carbocycles. The molecule has 0 spiro atoms. The Balaban J connectivity index is 1.62. The summed E-state index contributed by atoms with van der Waals surface area (Å²) in [7, 11) is -3.59. The molecule has 1 aliphatic heterocycles. The third-order valence-electron chi connectivity index (χ3n) is 4.54. The topological polar surface area (TPSA) is 85.4 Å². The van der Waals surface area contributed by atoms with Crippen molar-refractivity contribution in [3.63, 3.8) is 0 Å². The summed E-state index contributed by atoms with van der Waals surface area (Å²) >= 11 is 1.52. The molecule has 0 unspecified atom stereocenters. The maximum Gasteiger partial charge on any atom is 0.276 e. The van der Waals surface area contributed by atoms with Crippen molar-refractivity contribution in [3.8, 4) is 0 Å². The third kappa shape index (κ3) is 3.00. The van der Waals surface area contributed by atoms with Gasteiger partial charge in [0.25, 0.3) is 15.6 Å². The summed E-state index contributed by atoms with van der Waals surface area (Å²) in [6.07, 6.45) is 4.08. The van der Waals surface area contributed by atoms with Crippen LogP contribution < -0.4 is 5.56 Å². The predicted octanol–water partition coefficient (Wildman–Crippen LogP) is 2.45. The summed E-state index contributed by atoms with van der Waals surface area (Å²) in [5.74, 6) is 0.414. The quantitative estimate of drug-likeness (QED) is 0.665. The van der Waals surface area contributed by atoms with Crippen LogP contribution in [0.25, 0.3) is 10.2 Å². The lowest BCUT2D eigenvalue weighted by atomic mass is 10.3. The van der Waals surface area contributed by atoms with Gasteiger partial charge in [-0.05, 0) is 37.5 Å². The lowest BCUT2D eigenvalue weighted by Gasteiger charge is -2.12. The first-order chi connectivity index (χ1) is 12.5. The summed E-state index contributed by atoms with van der Waals surface area (Å²) in [5, 5.41) is 0.520. The molecule has 1 aliphatic rings. The second-order valence-corrected chi connectivity index (χ2v) is 9.28. The molecule has 7 nitrogen and oxygen atoms in total. The maximum atomic E-state index is 12.6. The van der Waals surface area contributed by atoms with Crippen molar-refractivity contribution >= 4 is 31.6 Å². The molecule has 1 saturated heterocycles. The van der Waals surface area contributed by atoms with E-state index in [0.717, 1.165) is 29.0 Å². The van der Waals surface area contributed by atoms with E-state index < -0.39 is 10.0 Å². The molecule has 0 bridgehead atoms. The van der Waals surface area contributed by atoms with E-state index in [9.17, 15) is 13.2 Å². The van der Waals surface area contributed by atoms with Crippen molar-refractivity contribution < 1.29 is 12.8 Å². The fourth-order valence-corrected chi connectivity index (χ4v) is 5.47. The molecule has 0 radical (unpaired) electrons. The minimum Gasteiger partial charge on any atom is -0.446 e. The normalized spacial score (nSPS) is 15.9. The number of aryl methyl sites for hydroxylation is 1. The van der Waals surface area contributed by atoms with Gasteiger partial charge in [0.1, 0.15) is 10.6 Å². The number of fused-ring (bicyclic) bond motifs is 1. The molecular formula is C17H19N3O4S2. The molecule has 138 valence electrons. The zero-order chi connectivity index (χ0) is 18.3. The van der Waals surface area contributed by atoms with Gasteiger partial charge in [-0.1, -0.05) is 6.92 Å². The Morgan fingerprint density at radius 3 is 2.77 bits per heavy atom. The molecule has 1 fully saturated rings. The molecule has 0 aliphatic carbocycles. The number of sulfonamides is 1. The van der Waals surface area contributed by atoms with Crippen LogP contribution in [0.2, 0.25) is 0 Å². The average Bonchev–Trinajstić information content (AvgIpc) is 3.38. The van der Waals surface area contributed by atoms with Gasteiger partial charge in [0.15, 0.2) is 0 Å². The zero-order valence-corrected chi connectivity index (χ0v) is 16.0. The molecule has 0 atom stereocenters. The molecule has 0 amide bonds. The van der Waals surface area contributed by atoms with E-state index in [1.807, 2.05) is 13.0 Å². The van der Waals surface area contributed by atoms with Gasteiger partial charge in [-0.25, -0.2) is 13.4 Å². The van der Waals surface area contributed by atoms with Gasteiger partial charge in [0.2, 0.25) is 5.09 Å². The van der Waals surface area contributed by atoms with E-state index in [0.29, 0.717) is 24.2 Å². The van der Waals surface area contributed by atoms with E-state index >= 15 is 0 Å². The smallest absolute Gasteiger partial charge is 0.276 e. The minimum absolute atomic E-state index is 0.0692. The number of aromatic nitrogens is 2. The summed E-state index contributed by atoms with van der Waals surface area (Å²) in [4.78, 5) is 18.8. The van der Waals surface area contributed by atoms with Crippen LogP contribution in [0, 0.1) is 0 Å². The largest absolute Gasteiger partial charge is 0.446 e. The van der Waals surface area contributed by atoms with Crippen molar-refractivity contribution in [1.82, 2.24) is 13.9 Å². The van der Waals surface area contributed by atoms with Crippen molar-refractivity contribution in [2.24, 2.45) is 0 Å². The average molecular weight is 393 g/mol. The molecule has 9 heteroatoms. The van der Waals surface area contributed by atoms with Gasteiger partial charge in [-0.2, -0.15) is 4.31 Å². The summed E-state index contributed by atoms with van der Waals surface area (Å²) in [6, 6.07) is 4.93. The Kier molecular flexibility index (Phi) is 4.45. The second kappa shape index (κ2) is 6.64. The summed E-state index contributed by atoms with van der Waals surface area (Å²) in [5.41, 5.74) is -0.147. The number of furan rings is 1. The van der Waals surface area contributed by atoms with E-state index in [1.165, 1.54) is 32.6 Å². The van der Waals surface area contributed by atoms with Crippen LogP contribution in [0.4, 0.5) is 0 Å². The van der Waals surface area contributed by atoms with Gasteiger partial charge in [-0.15, -0.1) is 11.3 Å². The molecule has 0 N–H and O–H groups in total. The van der Waals surface area contributed by atoms with Gasteiger partial charge in [-0.3, -0.25) is 9.36 Å². The molecule has 3 aromatic heterocycles. The van der Waals surface area contributed by atoms with Crippen LogP contribution in [0.5, 0.6) is 0 Å². The van der Waals surface area contributed by atoms with Crippen molar-refractivity contribution in [3.05, 3.63) is 45.5 Å². The molecular weight excluding hydrogens is 374 g/mol. The number of nitrogens with zero attached hydrogens (tertiary/aromatic N) is 3. The summed E-state index contributed by atoms with van der Waals surface area (Å²) in [6.45, 7) is 3.23. The fraction of sp³-hybridized carbons (Fsp3) is 0.412. The first kappa shape index (κ1) is 17.4.